The van der Waals surface area contributed by atoms with Gasteiger partial charge in [0, 0.05) is 41.5 Å². The standard InChI is InChI=1S/C26H27N7O/c1-16-18(13-30-32(16)2)20-7-8-21-23(31-20)25(29-15-28-21)33-14-26(10-4-3-5-11-26)19-12-17(24(27)34)6-9-22(19)33/h6-9,12-13,15H,3-5,10-11,14H2,1-2H3,(H2,27,34). The summed E-state index contributed by atoms with van der Waals surface area (Å²) in [7, 11) is 1.93. The molecule has 8 nitrogen and oxygen atoms in total. The summed E-state index contributed by atoms with van der Waals surface area (Å²) >= 11 is 0. The van der Waals surface area contributed by atoms with Crippen molar-refractivity contribution >= 4 is 28.4 Å². The van der Waals surface area contributed by atoms with Crippen molar-refractivity contribution in [2.45, 2.75) is 44.4 Å². The fourth-order valence-corrected chi connectivity index (χ4v) is 5.69. The quantitative estimate of drug-likeness (QED) is 0.499. The lowest BCUT2D eigenvalue weighted by Gasteiger charge is -2.34. The molecule has 8 heteroatoms. The number of benzene rings is 1. The third-order valence-electron chi connectivity index (χ3n) is 7.64. The zero-order chi connectivity index (χ0) is 23.4. The number of primary amides is 1. The minimum Gasteiger partial charge on any atom is -0.366 e. The smallest absolute Gasteiger partial charge is 0.248 e. The van der Waals surface area contributed by atoms with Crippen LogP contribution in [0.15, 0.2) is 42.9 Å². The lowest BCUT2D eigenvalue weighted by molar-refractivity contribution is 0.1000. The number of anilines is 2. The number of amides is 1. The van der Waals surface area contributed by atoms with Crippen LogP contribution in [-0.2, 0) is 12.5 Å². The number of rotatable bonds is 3. The van der Waals surface area contributed by atoms with Gasteiger partial charge in [-0.15, -0.1) is 0 Å². The highest BCUT2D eigenvalue weighted by Gasteiger charge is 2.44. The van der Waals surface area contributed by atoms with Crippen molar-refractivity contribution in [2.24, 2.45) is 12.8 Å². The van der Waals surface area contributed by atoms with Gasteiger partial charge in [-0.1, -0.05) is 19.3 Å². The maximum absolute atomic E-state index is 12.0. The Morgan fingerprint density at radius 3 is 2.65 bits per heavy atom. The highest BCUT2D eigenvalue weighted by molar-refractivity contribution is 5.95. The van der Waals surface area contributed by atoms with Crippen LogP contribution in [0.25, 0.3) is 22.3 Å². The van der Waals surface area contributed by atoms with Crippen molar-refractivity contribution in [1.29, 1.82) is 0 Å². The predicted octanol–water partition coefficient (Wildman–Crippen LogP) is 4.19. The topological polar surface area (TPSA) is 103 Å². The van der Waals surface area contributed by atoms with Crippen molar-refractivity contribution in [3.63, 3.8) is 0 Å². The number of aryl methyl sites for hydroxylation is 1. The molecule has 1 aromatic carbocycles. The van der Waals surface area contributed by atoms with Gasteiger partial charge < -0.3 is 10.6 Å². The van der Waals surface area contributed by atoms with Crippen LogP contribution >= 0.6 is 0 Å². The molecular weight excluding hydrogens is 426 g/mol. The van der Waals surface area contributed by atoms with Gasteiger partial charge in [0.2, 0.25) is 5.91 Å². The maximum Gasteiger partial charge on any atom is 0.248 e. The fourth-order valence-electron chi connectivity index (χ4n) is 5.69. The first-order valence-electron chi connectivity index (χ1n) is 11.8. The van der Waals surface area contributed by atoms with Gasteiger partial charge in [0.1, 0.15) is 11.8 Å². The summed E-state index contributed by atoms with van der Waals surface area (Å²) in [6.07, 6.45) is 9.25. The molecule has 1 aliphatic heterocycles. The van der Waals surface area contributed by atoms with E-state index in [0.29, 0.717) is 5.56 Å². The Morgan fingerprint density at radius 2 is 1.91 bits per heavy atom. The molecule has 172 valence electrons. The number of carbonyl (C=O) groups excluding carboxylic acids is 1. The summed E-state index contributed by atoms with van der Waals surface area (Å²) < 4.78 is 1.85. The number of hydrogen-bond donors (Lipinski definition) is 1. The van der Waals surface area contributed by atoms with Crippen LogP contribution < -0.4 is 10.6 Å². The molecule has 0 atom stereocenters. The van der Waals surface area contributed by atoms with E-state index in [1.165, 1.54) is 24.8 Å². The Kier molecular flexibility index (Phi) is 4.65. The number of carbonyl (C=O) groups is 1. The summed E-state index contributed by atoms with van der Waals surface area (Å²) in [6, 6.07) is 9.82. The second kappa shape index (κ2) is 7.62. The highest BCUT2D eigenvalue weighted by Crippen LogP contribution is 2.52. The second-order valence-corrected chi connectivity index (χ2v) is 9.55. The van der Waals surface area contributed by atoms with Crippen LogP contribution in [-0.4, -0.2) is 37.2 Å². The average molecular weight is 454 g/mol. The number of nitrogens with two attached hydrogens (primary N) is 1. The first-order chi connectivity index (χ1) is 16.5. The number of aromatic nitrogens is 5. The van der Waals surface area contributed by atoms with Gasteiger partial charge in [0.25, 0.3) is 0 Å². The first kappa shape index (κ1) is 20.8. The van der Waals surface area contributed by atoms with E-state index >= 15 is 0 Å². The van der Waals surface area contributed by atoms with Crippen LogP contribution in [0.3, 0.4) is 0 Å². The van der Waals surface area contributed by atoms with Gasteiger partial charge in [0.05, 0.1) is 17.4 Å². The molecule has 6 rings (SSSR count). The molecule has 3 aromatic heterocycles. The van der Waals surface area contributed by atoms with Crippen molar-refractivity contribution in [2.75, 3.05) is 11.4 Å². The molecule has 0 bridgehead atoms. The molecule has 1 fully saturated rings. The largest absolute Gasteiger partial charge is 0.366 e. The molecule has 1 saturated carbocycles. The summed E-state index contributed by atoms with van der Waals surface area (Å²) in [6.45, 7) is 2.85. The summed E-state index contributed by atoms with van der Waals surface area (Å²) in [5.41, 5.74) is 12.9. The Labute approximate surface area is 197 Å². The average Bonchev–Trinajstić information content (AvgIpc) is 3.35. The Balaban J connectivity index is 1.53. The first-order valence-corrected chi connectivity index (χ1v) is 11.8. The number of pyridine rings is 1. The maximum atomic E-state index is 12.0. The van der Waals surface area contributed by atoms with Crippen LogP contribution in [0.4, 0.5) is 11.5 Å². The van der Waals surface area contributed by atoms with Gasteiger partial charge in [-0.05, 0) is 55.7 Å². The molecule has 1 amide bonds. The zero-order valence-corrected chi connectivity index (χ0v) is 19.5. The third kappa shape index (κ3) is 3.09. The van der Waals surface area contributed by atoms with Gasteiger partial charge in [-0.3, -0.25) is 9.48 Å². The minimum atomic E-state index is -0.391. The summed E-state index contributed by atoms with van der Waals surface area (Å²) in [5.74, 6) is 0.404. The monoisotopic (exact) mass is 453 g/mol. The van der Waals surface area contributed by atoms with Crippen LogP contribution in [0.2, 0.25) is 0 Å². The molecule has 34 heavy (non-hydrogen) atoms. The third-order valence-corrected chi connectivity index (χ3v) is 7.64. The molecule has 2 aliphatic rings. The van der Waals surface area contributed by atoms with Gasteiger partial charge in [-0.2, -0.15) is 5.10 Å². The van der Waals surface area contributed by atoms with E-state index in [1.807, 2.05) is 55.2 Å². The van der Waals surface area contributed by atoms with E-state index < -0.39 is 5.91 Å². The second-order valence-electron chi connectivity index (χ2n) is 9.55. The molecule has 0 radical (unpaired) electrons. The molecule has 4 heterocycles. The lowest BCUT2D eigenvalue weighted by Crippen LogP contribution is -2.34. The molecule has 0 saturated heterocycles. The van der Waals surface area contributed by atoms with E-state index in [1.54, 1.807) is 6.33 Å². The van der Waals surface area contributed by atoms with Crippen LogP contribution in [0.5, 0.6) is 0 Å². The summed E-state index contributed by atoms with van der Waals surface area (Å²) in [4.78, 5) is 28.5. The Hall–Kier alpha value is -3.81. The molecule has 1 spiro atoms. The van der Waals surface area contributed by atoms with E-state index in [4.69, 9.17) is 15.7 Å². The van der Waals surface area contributed by atoms with Crippen molar-refractivity contribution in [3.05, 3.63) is 59.7 Å². The van der Waals surface area contributed by atoms with E-state index in [0.717, 1.165) is 58.9 Å². The normalized spacial score (nSPS) is 16.8. The van der Waals surface area contributed by atoms with Crippen molar-refractivity contribution in [1.82, 2.24) is 24.7 Å². The SMILES string of the molecule is Cc1c(-c2ccc3ncnc(N4CC5(CCCCC5)c5cc(C(N)=O)ccc54)c3n2)cnn1C. The molecule has 2 N–H and O–H groups in total. The predicted molar refractivity (Wildman–Crippen MR) is 131 cm³/mol. The number of fused-ring (bicyclic) bond motifs is 3. The fraction of sp³-hybridized carbons (Fsp3) is 0.346. The van der Waals surface area contributed by atoms with E-state index in [2.05, 4.69) is 15.0 Å². The molecular formula is C26H27N7O. The highest BCUT2D eigenvalue weighted by atomic mass is 16.1. The lowest BCUT2D eigenvalue weighted by atomic mass is 9.70. The molecule has 0 unspecified atom stereocenters. The Morgan fingerprint density at radius 1 is 1.09 bits per heavy atom. The number of hydrogen-bond acceptors (Lipinski definition) is 6. The van der Waals surface area contributed by atoms with Crippen molar-refractivity contribution in [3.8, 4) is 11.3 Å². The van der Waals surface area contributed by atoms with Crippen LogP contribution in [0, 0.1) is 6.92 Å². The van der Waals surface area contributed by atoms with E-state index in [9.17, 15) is 4.79 Å². The van der Waals surface area contributed by atoms with Crippen molar-refractivity contribution < 1.29 is 4.79 Å². The van der Waals surface area contributed by atoms with E-state index in [-0.39, 0.29) is 5.41 Å². The molecule has 4 aromatic rings. The van der Waals surface area contributed by atoms with Crippen LogP contribution in [0.1, 0.15) is 53.7 Å². The zero-order valence-electron chi connectivity index (χ0n) is 19.5. The summed E-state index contributed by atoms with van der Waals surface area (Å²) in [5, 5.41) is 4.38. The Bertz CT molecular complexity index is 1430. The minimum absolute atomic E-state index is 0.00609. The van der Waals surface area contributed by atoms with Gasteiger partial charge in [-0.25, -0.2) is 15.0 Å². The number of nitrogens with zero attached hydrogens (tertiary/aromatic N) is 6. The van der Waals surface area contributed by atoms with Gasteiger partial charge >= 0.3 is 0 Å². The van der Waals surface area contributed by atoms with Gasteiger partial charge in [0.15, 0.2) is 5.82 Å². The molecule has 1 aliphatic carbocycles.